The lowest BCUT2D eigenvalue weighted by atomic mass is 9.99. The van der Waals surface area contributed by atoms with Crippen molar-refractivity contribution in [3.8, 4) is 0 Å². The van der Waals surface area contributed by atoms with Crippen molar-refractivity contribution >= 4 is 11.7 Å². The SMILES string of the molecule is CCCCCCCCCC(CCCCCCCCC)NC[C@H](C)OC(=O)c1ccc([N+](=O)[O-])cc1. The minimum atomic E-state index is -0.474. The molecule has 1 atom stereocenters. The number of carbonyl (C=O) groups excluding carboxylic acids is 1. The second-order valence-corrected chi connectivity index (χ2v) is 9.95. The Kier molecular flexibility index (Phi) is 18.0. The minimum absolute atomic E-state index is 0.0326. The number of benzene rings is 1. The van der Waals surface area contributed by atoms with Crippen molar-refractivity contribution in [1.29, 1.82) is 0 Å². The first-order chi connectivity index (χ1) is 17.0. The Morgan fingerprint density at radius 1 is 0.829 bits per heavy atom. The molecule has 0 spiro atoms. The van der Waals surface area contributed by atoms with Crippen LogP contribution in [0.2, 0.25) is 0 Å². The lowest BCUT2D eigenvalue weighted by molar-refractivity contribution is -0.384. The summed E-state index contributed by atoms with van der Waals surface area (Å²) in [6.07, 6.45) is 20.5. The Morgan fingerprint density at radius 3 is 1.74 bits per heavy atom. The van der Waals surface area contributed by atoms with Crippen LogP contribution in [-0.4, -0.2) is 29.6 Å². The number of non-ortho nitro benzene ring substituents is 1. The van der Waals surface area contributed by atoms with Gasteiger partial charge in [-0.1, -0.05) is 104 Å². The topological polar surface area (TPSA) is 81.5 Å². The highest BCUT2D eigenvalue weighted by Crippen LogP contribution is 2.16. The summed E-state index contributed by atoms with van der Waals surface area (Å²) in [7, 11) is 0. The number of nitrogens with one attached hydrogen (secondary N) is 1. The van der Waals surface area contributed by atoms with Crippen LogP contribution in [0.3, 0.4) is 0 Å². The van der Waals surface area contributed by atoms with E-state index in [1.54, 1.807) is 0 Å². The van der Waals surface area contributed by atoms with E-state index < -0.39 is 10.9 Å². The molecule has 1 rings (SSSR count). The molecule has 0 bridgehead atoms. The fourth-order valence-corrected chi connectivity index (χ4v) is 4.39. The molecule has 0 heterocycles. The standard InChI is InChI=1S/C29H50N2O4/c1-4-6-8-10-12-14-16-18-27(19-17-15-13-11-9-7-5-2)30-24-25(3)35-29(32)26-20-22-28(23-21-26)31(33)34/h20-23,25,27,30H,4-19,24H2,1-3H3/t25-/m0/s1. The lowest BCUT2D eigenvalue weighted by Crippen LogP contribution is -2.36. The molecule has 1 aromatic carbocycles. The van der Waals surface area contributed by atoms with E-state index in [1.807, 2.05) is 6.92 Å². The molecule has 0 saturated heterocycles. The monoisotopic (exact) mass is 490 g/mol. The number of hydrogen-bond acceptors (Lipinski definition) is 5. The predicted molar refractivity (Wildman–Crippen MR) is 145 cm³/mol. The summed E-state index contributed by atoms with van der Waals surface area (Å²) in [5, 5.41) is 14.5. The number of rotatable bonds is 22. The van der Waals surface area contributed by atoms with E-state index >= 15 is 0 Å². The number of nitro groups is 1. The molecular weight excluding hydrogens is 440 g/mol. The van der Waals surface area contributed by atoms with E-state index in [9.17, 15) is 14.9 Å². The van der Waals surface area contributed by atoms with Crippen molar-refractivity contribution < 1.29 is 14.5 Å². The third-order valence-electron chi connectivity index (χ3n) is 6.63. The summed E-state index contributed by atoms with van der Waals surface area (Å²) in [6.45, 7) is 7.03. The summed E-state index contributed by atoms with van der Waals surface area (Å²) >= 11 is 0. The van der Waals surface area contributed by atoms with Crippen LogP contribution in [0.1, 0.15) is 134 Å². The number of nitro benzene ring substituents is 1. The van der Waals surface area contributed by atoms with Crippen molar-refractivity contribution in [3.05, 3.63) is 39.9 Å². The maximum Gasteiger partial charge on any atom is 0.338 e. The van der Waals surface area contributed by atoms with E-state index in [0.29, 0.717) is 18.2 Å². The molecular formula is C29H50N2O4. The Balaban J connectivity index is 2.41. The van der Waals surface area contributed by atoms with Gasteiger partial charge in [0.05, 0.1) is 10.5 Å². The Hall–Kier alpha value is -1.95. The van der Waals surface area contributed by atoms with Gasteiger partial charge in [0, 0.05) is 24.7 Å². The number of carbonyl (C=O) groups is 1. The van der Waals surface area contributed by atoms with Crippen LogP contribution in [-0.2, 0) is 4.74 Å². The molecule has 0 unspecified atom stereocenters. The van der Waals surface area contributed by atoms with Crippen molar-refractivity contribution in [1.82, 2.24) is 5.32 Å². The number of esters is 1. The summed E-state index contributed by atoms with van der Waals surface area (Å²) in [5.41, 5.74) is 0.306. The molecule has 0 aliphatic rings. The summed E-state index contributed by atoms with van der Waals surface area (Å²) < 4.78 is 5.58. The minimum Gasteiger partial charge on any atom is -0.458 e. The summed E-state index contributed by atoms with van der Waals surface area (Å²) in [4.78, 5) is 22.7. The maximum absolute atomic E-state index is 12.4. The number of ether oxygens (including phenoxy) is 1. The number of nitrogens with zero attached hydrogens (tertiary/aromatic N) is 1. The van der Waals surface area contributed by atoms with Crippen molar-refractivity contribution in [2.75, 3.05) is 6.54 Å². The molecule has 0 radical (unpaired) electrons. The van der Waals surface area contributed by atoms with E-state index in [2.05, 4.69) is 19.2 Å². The molecule has 0 aromatic heterocycles. The Bertz CT molecular complexity index is 660. The van der Waals surface area contributed by atoms with Crippen LogP contribution < -0.4 is 5.32 Å². The van der Waals surface area contributed by atoms with Crippen LogP contribution in [0, 0.1) is 10.1 Å². The van der Waals surface area contributed by atoms with Gasteiger partial charge in [0.25, 0.3) is 5.69 Å². The van der Waals surface area contributed by atoms with Crippen LogP contribution in [0.5, 0.6) is 0 Å². The average molecular weight is 491 g/mol. The molecule has 1 N–H and O–H groups in total. The highest BCUT2D eigenvalue weighted by atomic mass is 16.6. The Labute approximate surface area is 213 Å². The fourth-order valence-electron chi connectivity index (χ4n) is 4.39. The molecule has 0 fully saturated rings. The average Bonchev–Trinajstić information content (AvgIpc) is 2.85. The van der Waals surface area contributed by atoms with Gasteiger partial charge < -0.3 is 10.1 Å². The van der Waals surface area contributed by atoms with Gasteiger partial charge in [-0.15, -0.1) is 0 Å². The van der Waals surface area contributed by atoms with Gasteiger partial charge >= 0.3 is 5.97 Å². The highest BCUT2D eigenvalue weighted by molar-refractivity contribution is 5.89. The van der Waals surface area contributed by atoms with Crippen molar-refractivity contribution in [3.63, 3.8) is 0 Å². The largest absolute Gasteiger partial charge is 0.458 e. The Morgan fingerprint density at radius 2 is 1.29 bits per heavy atom. The number of hydrogen-bond donors (Lipinski definition) is 1. The van der Waals surface area contributed by atoms with Gasteiger partial charge in [-0.2, -0.15) is 0 Å². The zero-order valence-electron chi connectivity index (χ0n) is 22.6. The fraction of sp³-hybridized carbons (Fsp3) is 0.759. The number of unbranched alkanes of at least 4 members (excludes halogenated alkanes) is 12. The van der Waals surface area contributed by atoms with E-state index in [1.165, 1.54) is 127 Å². The summed E-state index contributed by atoms with van der Waals surface area (Å²) in [6, 6.07) is 6.02. The van der Waals surface area contributed by atoms with Crippen LogP contribution in [0.25, 0.3) is 0 Å². The third kappa shape index (κ3) is 15.6. The molecule has 0 amide bonds. The zero-order chi connectivity index (χ0) is 25.7. The first kappa shape index (κ1) is 31.1. The van der Waals surface area contributed by atoms with Gasteiger partial charge in [0.2, 0.25) is 0 Å². The maximum atomic E-state index is 12.4. The van der Waals surface area contributed by atoms with Crippen molar-refractivity contribution in [2.24, 2.45) is 0 Å². The molecule has 6 nitrogen and oxygen atoms in total. The molecule has 6 heteroatoms. The van der Waals surface area contributed by atoms with E-state index in [-0.39, 0.29) is 11.8 Å². The van der Waals surface area contributed by atoms with Gasteiger partial charge in [-0.3, -0.25) is 10.1 Å². The van der Waals surface area contributed by atoms with Crippen molar-refractivity contribution in [2.45, 2.75) is 136 Å². The normalized spacial score (nSPS) is 12.1. The van der Waals surface area contributed by atoms with E-state index in [4.69, 9.17) is 4.74 Å². The van der Waals surface area contributed by atoms with Crippen LogP contribution >= 0.6 is 0 Å². The summed E-state index contributed by atoms with van der Waals surface area (Å²) in [5.74, 6) is -0.440. The molecule has 0 aliphatic heterocycles. The smallest absolute Gasteiger partial charge is 0.338 e. The molecule has 0 aliphatic carbocycles. The molecule has 0 saturated carbocycles. The molecule has 200 valence electrons. The van der Waals surface area contributed by atoms with Gasteiger partial charge in [-0.25, -0.2) is 4.79 Å². The van der Waals surface area contributed by atoms with Gasteiger partial charge in [0.15, 0.2) is 0 Å². The zero-order valence-corrected chi connectivity index (χ0v) is 22.6. The second-order valence-electron chi connectivity index (χ2n) is 9.95. The first-order valence-corrected chi connectivity index (χ1v) is 14.2. The molecule has 1 aromatic rings. The van der Waals surface area contributed by atoms with Crippen LogP contribution in [0.4, 0.5) is 5.69 Å². The predicted octanol–water partition coefficient (Wildman–Crippen LogP) is 8.38. The molecule has 35 heavy (non-hydrogen) atoms. The van der Waals surface area contributed by atoms with Gasteiger partial charge in [0.1, 0.15) is 6.10 Å². The third-order valence-corrected chi connectivity index (χ3v) is 6.63. The lowest BCUT2D eigenvalue weighted by Gasteiger charge is -2.22. The second kappa shape index (κ2) is 20.3. The quantitative estimate of drug-likeness (QED) is 0.0764. The highest BCUT2D eigenvalue weighted by Gasteiger charge is 2.16. The van der Waals surface area contributed by atoms with Gasteiger partial charge in [-0.05, 0) is 31.9 Å². The van der Waals surface area contributed by atoms with E-state index in [0.717, 1.165) is 0 Å². The first-order valence-electron chi connectivity index (χ1n) is 14.2. The van der Waals surface area contributed by atoms with Crippen LogP contribution in [0.15, 0.2) is 24.3 Å².